The van der Waals surface area contributed by atoms with Gasteiger partial charge in [0.25, 0.3) is 0 Å². The fourth-order valence-electron chi connectivity index (χ4n) is 7.40. The molecule has 3 aromatic carbocycles. The fraction of sp³-hybridized carbons (Fsp3) is 0.414. The summed E-state index contributed by atoms with van der Waals surface area (Å²) in [7, 11) is 3.23. The van der Waals surface area contributed by atoms with E-state index in [1.54, 1.807) is 0 Å². The zero-order chi connectivity index (χ0) is 21.9. The summed E-state index contributed by atoms with van der Waals surface area (Å²) in [5, 5.41) is 2.48. The first kappa shape index (κ1) is 19.8. The summed E-state index contributed by atoms with van der Waals surface area (Å²) in [5.74, 6) is 3.47. The van der Waals surface area contributed by atoms with E-state index in [9.17, 15) is 4.79 Å². The van der Waals surface area contributed by atoms with Gasteiger partial charge in [-0.25, -0.2) is 4.79 Å². The van der Waals surface area contributed by atoms with Crippen LogP contribution in [0.3, 0.4) is 0 Å². The van der Waals surface area contributed by atoms with Crippen LogP contribution in [-0.2, 0) is 10.2 Å². The van der Waals surface area contributed by atoms with Gasteiger partial charge in [0, 0.05) is 5.56 Å². The molecule has 3 heteroatoms. The van der Waals surface area contributed by atoms with Crippen molar-refractivity contribution in [3.63, 3.8) is 0 Å². The second-order valence-electron chi connectivity index (χ2n) is 10.4. The van der Waals surface area contributed by atoms with Gasteiger partial charge in [0.1, 0.15) is 5.75 Å². The number of carbonyl (C=O) groups excluding carboxylic acids is 1. The van der Waals surface area contributed by atoms with Crippen molar-refractivity contribution in [2.45, 2.75) is 43.9 Å². The monoisotopic (exact) mass is 426 g/mol. The largest absolute Gasteiger partial charge is 0.496 e. The maximum atomic E-state index is 11.8. The smallest absolute Gasteiger partial charge is 0.337 e. The molecule has 0 N–H and O–H groups in total. The van der Waals surface area contributed by atoms with Gasteiger partial charge in [-0.3, -0.25) is 0 Å². The maximum Gasteiger partial charge on any atom is 0.337 e. The first-order valence-electron chi connectivity index (χ1n) is 11.9. The molecule has 3 nitrogen and oxygen atoms in total. The molecule has 4 aliphatic rings. The SMILES string of the molecule is COC(=O)c1ccc(-c2ccc3cc(OC)c(C45CC6CC(CC(C6)C4)C5)cc3c2)cc1. The predicted octanol–water partition coefficient (Wildman–Crippen LogP) is 6.77. The number of rotatable bonds is 4. The van der Waals surface area contributed by atoms with Gasteiger partial charge in [0.15, 0.2) is 0 Å². The number of hydrogen-bond donors (Lipinski definition) is 0. The zero-order valence-corrected chi connectivity index (χ0v) is 18.9. The van der Waals surface area contributed by atoms with Gasteiger partial charge in [-0.15, -0.1) is 0 Å². The molecule has 0 aromatic heterocycles. The lowest BCUT2D eigenvalue weighted by atomic mass is 9.48. The van der Waals surface area contributed by atoms with Gasteiger partial charge in [-0.05, 0) is 114 Å². The Morgan fingerprint density at radius 3 is 2.00 bits per heavy atom. The molecular formula is C29H30O3. The maximum absolute atomic E-state index is 11.8. The summed E-state index contributed by atoms with van der Waals surface area (Å²) >= 11 is 0. The van der Waals surface area contributed by atoms with E-state index in [0.29, 0.717) is 11.0 Å². The second-order valence-corrected chi connectivity index (χ2v) is 10.4. The molecule has 4 bridgehead atoms. The minimum Gasteiger partial charge on any atom is -0.496 e. The molecule has 0 unspecified atom stereocenters. The van der Waals surface area contributed by atoms with Crippen molar-refractivity contribution in [2.24, 2.45) is 17.8 Å². The summed E-state index contributed by atoms with van der Waals surface area (Å²) in [4.78, 5) is 11.8. The van der Waals surface area contributed by atoms with Crippen LogP contribution in [0.1, 0.15) is 54.4 Å². The molecule has 3 aromatic rings. The summed E-state index contributed by atoms with van der Waals surface area (Å²) < 4.78 is 10.8. The molecule has 4 aliphatic carbocycles. The van der Waals surface area contributed by atoms with Gasteiger partial charge in [-0.1, -0.05) is 24.3 Å². The first-order valence-corrected chi connectivity index (χ1v) is 11.9. The number of ether oxygens (including phenoxy) is 2. The Labute approximate surface area is 189 Å². The van der Waals surface area contributed by atoms with Crippen LogP contribution in [0.15, 0.2) is 54.6 Å². The van der Waals surface area contributed by atoms with Crippen molar-refractivity contribution >= 4 is 16.7 Å². The Bertz CT molecular complexity index is 1160. The molecule has 0 amide bonds. The molecule has 0 heterocycles. The highest BCUT2D eigenvalue weighted by Gasteiger charge is 2.52. The minimum atomic E-state index is -0.303. The highest BCUT2D eigenvalue weighted by molar-refractivity contribution is 5.92. The number of hydrogen-bond acceptors (Lipinski definition) is 3. The highest BCUT2D eigenvalue weighted by atomic mass is 16.5. The van der Waals surface area contributed by atoms with Crippen molar-refractivity contribution < 1.29 is 14.3 Å². The molecule has 0 saturated heterocycles. The molecule has 4 fully saturated rings. The van der Waals surface area contributed by atoms with Crippen LogP contribution in [0, 0.1) is 17.8 Å². The Hall–Kier alpha value is -2.81. The van der Waals surface area contributed by atoms with E-state index in [2.05, 4.69) is 30.3 Å². The van der Waals surface area contributed by atoms with Gasteiger partial charge < -0.3 is 9.47 Å². The fourth-order valence-corrected chi connectivity index (χ4v) is 7.40. The van der Waals surface area contributed by atoms with Crippen molar-refractivity contribution in [1.82, 2.24) is 0 Å². The third-order valence-corrected chi connectivity index (χ3v) is 8.41. The summed E-state index contributed by atoms with van der Waals surface area (Å²) in [5.41, 5.74) is 4.57. The van der Waals surface area contributed by atoms with Crippen LogP contribution >= 0.6 is 0 Å². The number of methoxy groups -OCH3 is 2. The van der Waals surface area contributed by atoms with Crippen LogP contribution in [-0.4, -0.2) is 20.2 Å². The van der Waals surface area contributed by atoms with Crippen LogP contribution < -0.4 is 4.74 Å². The van der Waals surface area contributed by atoms with E-state index < -0.39 is 0 Å². The topological polar surface area (TPSA) is 35.5 Å². The Balaban J connectivity index is 1.42. The molecule has 0 radical (unpaired) electrons. The molecular weight excluding hydrogens is 396 g/mol. The Kier molecular flexibility index (Phi) is 4.57. The van der Waals surface area contributed by atoms with Gasteiger partial charge in [0.2, 0.25) is 0 Å². The first-order chi connectivity index (χ1) is 15.6. The number of fused-ring (bicyclic) bond motifs is 1. The minimum absolute atomic E-state index is 0.298. The van der Waals surface area contributed by atoms with Gasteiger partial charge >= 0.3 is 5.97 Å². The van der Waals surface area contributed by atoms with E-state index in [0.717, 1.165) is 34.6 Å². The molecule has 7 rings (SSSR count). The van der Waals surface area contributed by atoms with Crippen molar-refractivity contribution in [1.29, 1.82) is 0 Å². The highest BCUT2D eigenvalue weighted by Crippen LogP contribution is 2.62. The molecule has 4 saturated carbocycles. The van der Waals surface area contributed by atoms with Gasteiger partial charge in [-0.2, -0.15) is 0 Å². The van der Waals surface area contributed by atoms with Crippen molar-refractivity contribution in [2.75, 3.05) is 14.2 Å². The standard InChI is InChI=1S/C29H30O3/c1-31-27-14-24-8-7-23(21-3-5-22(6-4-21)28(30)32-2)12-25(24)13-26(27)29-15-18-9-19(16-29)11-20(10-18)17-29/h3-8,12-14,18-20H,9-11,15-17H2,1-2H3. The lowest BCUT2D eigenvalue weighted by Gasteiger charge is -2.57. The molecule has 0 spiro atoms. The second kappa shape index (κ2) is 7.37. The molecule has 0 atom stereocenters. The number of esters is 1. The Morgan fingerprint density at radius 2 is 1.41 bits per heavy atom. The van der Waals surface area contributed by atoms with Crippen LogP contribution in [0.4, 0.5) is 0 Å². The predicted molar refractivity (Wildman–Crippen MR) is 127 cm³/mol. The molecule has 164 valence electrons. The van der Waals surface area contributed by atoms with E-state index in [4.69, 9.17) is 9.47 Å². The van der Waals surface area contributed by atoms with E-state index in [1.165, 1.54) is 62.0 Å². The van der Waals surface area contributed by atoms with E-state index in [-0.39, 0.29) is 5.97 Å². The quantitative estimate of drug-likeness (QED) is 0.432. The summed E-state index contributed by atoms with van der Waals surface area (Å²) in [6.07, 6.45) is 8.32. The Morgan fingerprint density at radius 1 is 0.781 bits per heavy atom. The average molecular weight is 427 g/mol. The summed E-state index contributed by atoms with van der Waals surface area (Å²) in [6.45, 7) is 0. The number of carbonyl (C=O) groups is 1. The molecule has 0 aliphatic heterocycles. The average Bonchev–Trinajstić information content (AvgIpc) is 2.81. The van der Waals surface area contributed by atoms with Crippen molar-refractivity contribution in [3.05, 3.63) is 65.7 Å². The van der Waals surface area contributed by atoms with Crippen LogP contribution in [0.2, 0.25) is 0 Å². The number of benzene rings is 3. The zero-order valence-electron chi connectivity index (χ0n) is 18.9. The van der Waals surface area contributed by atoms with Crippen LogP contribution in [0.25, 0.3) is 21.9 Å². The van der Waals surface area contributed by atoms with E-state index in [1.807, 2.05) is 31.4 Å². The lowest BCUT2D eigenvalue weighted by molar-refractivity contribution is -0.00609. The summed E-state index contributed by atoms with van der Waals surface area (Å²) in [6, 6.07) is 18.9. The third kappa shape index (κ3) is 3.13. The van der Waals surface area contributed by atoms with E-state index >= 15 is 0 Å². The normalized spacial score (nSPS) is 28.1. The van der Waals surface area contributed by atoms with Gasteiger partial charge in [0.05, 0.1) is 19.8 Å². The third-order valence-electron chi connectivity index (χ3n) is 8.41. The lowest BCUT2D eigenvalue weighted by Crippen LogP contribution is -2.48. The van der Waals surface area contributed by atoms with Crippen molar-refractivity contribution in [3.8, 4) is 16.9 Å². The molecule has 32 heavy (non-hydrogen) atoms. The van der Waals surface area contributed by atoms with Crippen LogP contribution in [0.5, 0.6) is 5.75 Å².